The van der Waals surface area contributed by atoms with Crippen molar-refractivity contribution in [1.82, 2.24) is 15.0 Å². The maximum absolute atomic E-state index is 5.84. The van der Waals surface area contributed by atoms with Crippen molar-refractivity contribution in [3.63, 3.8) is 0 Å². The van der Waals surface area contributed by atoms with Gasteiger partial charge in [-0.15, -0.1) is 0 Å². The van der Waals surface area contributed by atoms with E-state index >= 15 is 0 Å². The lowest BCUT2D eigenvalue weighted by Crippen LogP contribution is -1.88. The van der Waals surface area contributed by atoms with Crippen LogP contribution in [0.1, 0.15) is 0 Å². The first-order valence-corrected chi connectivity index (χ1v) is 5.95. The lowest BCUT2D eigenvalue weighted by atomic mass is 10.1. The highest BCUT2D eigenvalue weighted by Crippen LogP contribution is 2.30. The maximum Gasteiger partial charge on any atom is 0.162 e. The van der Waals surface area contributed by atoms with Crippen LogP contribution in [0, 0.1) is 0 Å². The van der Waals surface area contributed by atoms with E-state index in [4.69, 9.17) is 4.42 Å². The molecule has 0 N–H and O–H groups in total. The summed E-state index contributed by atoms with van der Waals surface area (Å²) >= 11 is 0. The molecular formula is C15H9N3O. The van der Waals surface area contributed by atoms with Crippen LogP contribution in [0.4, 0.5) is 0 Å². The van der Waals surface area contributed by atoms with Gasteiger partial charge < -0.3 is 4.42 Å². The molecule has 0 aliphatic rings. The summed E-state index contributed by atoms with van der Waals surface area (Å²) in [5, 5.41) is 2.23. The predicted octanol–water partition coefficient (Wildman–Crippen LogP) is 3.44. The van der Waals surface area contributed by atoms with Crippen LogP contribution in [0.2, 0.25) is 0 Å². The molecule has 19 heavy (non-hydrogen) atoms. The normalized spacial score (nSPS) is 11.2. The van der Waals surface area contributed by atoms with Crippen molar-refractivity contribution < 1.29 is 4.42 Å². The first-order valence-electron chi connectivity index (χ1n) is 5.95. The molecule has 0 aliphatic heterocycles. The fraction of sp³-hybridized carbons (Fsp3) is 0. The topological polar surface area (TPSA) is 51.8 Å². The van der Waals surface area contributed by atoms with Gasteiger partial charge in [-0.3, -0.25) is 0 Å². The summed E-state index contributed by atoms with van der Waals surface area (Å²) in [6, 6.07) is 14.0. The number of aromatic nitrogens is 3. The van der Waals surface area contributed by atoms with Crippen LogP contribution in [0.25, 0.3) is 33.3 Å². The quantitative estimate of drug-likeness (QED) is 0.517. The minimum atomic E-state index is 0.650. The molecule has 0 radical (unpaired) electrons. The molecule has 0 spiro atoms. The molecule has 0 aliphatic carbocycles. The predicted molar refractivity (Wildman–Crippen MR) is 72.5 cm³/mol. The highest BCUT2D eigenvalue weighted by atomic mass is 16.3. The molecule has 90 valence electrons. The van der Waals surface area contributed by atoms with Crippen molar-refractivity contribution in [2.24, 2.45) is 0 Å². The minimum absolute atomic E-state index is 0.650. The van der Waals surface area contributed by atoms with Gasteiger partial charge in [0.2, 0.25) is 0 Å². The van der Waals surface area contributed by atoms with Crippen LogP contribution in [0.5, 0.6) is 0 Å². The Labute approximate surface area is 108 Å². The van der Waals surface area contributed by atoms with Gasteiger partial charge >= 0.3 is 0 Å². The Balaban J connectivity index is 1.99. The van der Waals surface area contributed by atoms with Gasteiger partial charge in [0, 0.05) is 16.3 Å². The Bertz CT molecular complexity index is 868. The molecule has 0 atom stereocenters. The Kier molecular flexibility index (Phi) is 2.08. The zero-order valence-corrected chi connectivity index (χ0v) is 9.95. The number of furan rings is 1. The molecule has 2 heterocycles. The number of rotatable bonds is 1. The lowest BCUT2D eigenvalue weighted by Gasteiger charge is -1.98. The standard InChI is InChI=1S/C15H9N3O/c1-2-4-13-11(3-1)12-6-5-10(7-14(12)19-13)15-17-8-16-9-18-15/h1-9H. The van der Waals surface area contributed by atoms with E-state index in [0.717, 1.165) is 27.5 Å². The van der Waals surface area contributed by atoms with Gasteiger partial charge in [-0.25, -0.2) is 15.0 Å². The molecule has 2 aromatic heterocycles. The fourth-order valence-corrected chi connectivity index (χ4v) is 2.25. The highest BCUT2D eigenvalue weighted by molar-refractivity contribution is 6.05. The number of para-hydroxylation sites is 1. The zero-order chi connectivity index (χ0) is 12.7. The van der Waals surface area contributed by atoms with Gasteiger partial charge in [0.05, 0.1) is 0 Å². The molecule has 0 saturated heterocycles. The van der Waals surface area contributed by atoms with Crippen molar-refractivity contribution in [1.29, 1.82) is 0 Å². The monoisotopic (exact) mass is 247 g/mol. The number of hydrogen-bond donors (Lipinski definition) is 0. The third kappa shape index (κ3) is 1.57. The Morgan fingerprint density at radius 1 is 0.789 bits per heavy atom. The zero-order valence-electron chi connectivity index (χ0n) is 9.95. The first kappa shape index (κ1) is 10.2. The molecule has 0 saturated carbocycles. The van der Waals surface area contributed by atoms with Crippen LogP contribution in [-0.2, 0) is 0 Å². The third-order valence-electron chi connectivity index (χ3n) is 3.13. The number of benzene rings is 2. The summed E-state index contributed by atoms with van der Waals surface area (Å²) < 4.78 is 5.84. The summed E-state index contributed by atoms with van der Waals surface area (Å²) in [6.45, 7) is 0. The van der Waals surface area contributed by atoms with Crippen molar-refractivity contribution in [2.75, 3.05) is 0 Å². The van der Waals surface area contributed by atoms with E-state index in [1.807, 2.05) is 36.4 Å². The highest BCUT2D eigenvalue weighted by Gasteiger charge is 2.08. The smallest absolute Gasteiger partial charge is 0.162 e. The molecule has 0 bridgehead atoms. The van der Waals surface area contributed by atoms with E-state index in [2.05, 4.69) is 21.0 Å². The molecule has 0 fully saturated rings. The van der Waals surface area contributed by atoms with Crippen molar-refractivity contribution in [3.8, 4) is 11.4 Å². The third-order valence-corrected chi connectivity index (χ3v) is 3.13. The lowest BCUT2D eigenvalue weighted by molar-refractivity contribution is 0.669. The molecule has 4 aromatic rings. The van der Waals surface area contributed by atoms with Gasteiger partial charge in [-0.05, 0) is 18.2 Å². The first-order chi connectivity index (χ1) is 9.42. The largest absolute Gasteiger partial charge is 0.456 e. The Hall–Kier alpha value is -2.75. The molecule has 0 amide bonds. The van der Waals surface area contributed by atoms with E-state index < -0.39 is 0 Å². The maximum atomic E-state index is 5.84. The van der Waals surface area contributed by atoms with E-state index in [0.29, 0.717) is 5.82 Å². The average molecular weight is 247 g/mol. The van der Waals surface area contributed by atoms with Crippen LogP contribution in [-0.4, -0.2) is 15.0 Å². The molecule has 4 nitrogen and oxygen atoms in total. The SMILES string of the molecule is c1ccc2c(c1)oc1cc(-c3ncncn3)ccc12. The van der Waals surface area contributed by atoms with Crippen molar-refractivity contribution >= 4 is 21.9 Å². The van der Waals surface area contributed by atoms with Gasteiger partial charge in [0.15, 0.2) is 5.82 Å². The summed E-state index contributed by atoms with van der Waals surface area (Å²) in [5.74, 6) is 0.650. The van der Waals surface area contributed by atoms with Crippen LogP contribution in [0.15, 0.2) is 59.5 Å². The van der Waals surface area contributed by atoms with Crippen molar-refractivity contribution in [3.05, 3.63) is 55.1 Å². The van der Waals surface area contributed by atoms with Crippen LogP contribution < -0.4 is 0 Å². The number of nitrogens with zero attached hydrogens (tertiary/aromatic N) is 3. The summed E-state index contributed by atoms with van der Waals surface area (Å²) in [4.78, 5) is 12.1. The minimum Gasteiger partial charge on any atom is -0.456 e. The van der Waals surface area contributed by atoms with Crippen LogP contribution in [0.3, 0.4) is 0 Å². The summed E-state index contributed by atoms with van der Waals surface area (Å²) in [7, 11) is 0. The molecule has 0 unspecified atom stereocenters. The Morgan fingerprint density at radius 2 is 1.58 bits per heavy atom. The Morgan fingerprint density at radius 3 is 2.47 bits per heavy atom. The van der Waals surface area contributed by atoms with Crippen LogP contribution >= 0.6 is 0 Å². The van der Waals surface area contributed by atoms with E-state index in [-0.39, 0.29) is 0 Å². The average Bonchev–Trinajstić information content (AvgIpc) is 2.86. The molecular weight excluding hydrogens is 238 g/mol. The van der Waals surface area contributed by atoms with E-state index in [9.17, 15) is 0 Å². The number of hydrogen-bond acceptors (Lipinski definition) is 4. The molecule has 4 heteroatoms. The van der Waals surface area contributed by atoms with E-state index in [1.165, 1.54) is 12.7 Å². The summed E-state index contributed by atoms with van der Waals surface area (Å²) in [6.07, 6.45) is 2.98. The molecule has 2 aromatic carbocycles. The fourth-order valence-electron chi connectivity index (χ4n) is 2.25. The second-order valence-electron chi connectivity index (χ2n) is 4.27. The summed E-state index contributed by atoms with van der Waals surface area (Å²) in [5.41, 5.74) is 2.67. The van der Waals surface area contributed by atoms with Crippen molar-refractivity contribution in [2.45, 2.75) is 0 Å². The van der Waals surface area contributed by atoms with Gasteiger partial charge in [-0.2, -0.15) is 0 Å². The second-order valence-corrected chi connectivity index (χ2v) is 4.27. The van der Waals surface area contributed by atoms with Gasteiger partial charge in [0.25, 0.3) is 0 Å². The van der Waals surface area contributed by atoms with E-state index in [1.54, 1.807) is 0 Å². The second kappa shape index (κ2) is 3.88. The van der Waals surface area contributed by atoms with Gasteiger partial charge in [-0.1, -0.05) is 24.3 Å². The number of fused-ring (bicyclic) bond motifs is 3. The molecule has 4 rings (SSSR count). The van der Waals surface area contributed by atoms with Gasteiger partial charge in [0.1, 0.15) is 23.8 Å².